The van der Waals surface area contributed by atoms with Gasteiger partial charge in [-0.25, -0.2) is 11.0 Å². The van der Waals surface area contributed by atoms with Gasteiger partial charge in [0.25, 0.3) is 6.04 Å². The van der Waals surface area contributed by atoms with Gasteiger partial charge in [-0.3, -0.25) is 0 Å². The second-order valence-corrected chi connectivity index (χ2v) is 4.56. The van der Waals surface area contributed by atoms with Crippen LogP contribution in [0.5, 0.6) is 0 Å². The van der Waals surface area contributed by atoms with E-state index in [1.54, 1.807) is 12.1 Å². The number of benzene rings is 1. The highest BCUT2D eigenvalue weighted by Crippen LogP contribution is 2.32. The first-order chi connectivity index (χ1) is 6.45. The summed E-state index contributed by atoms with van der Waals surface area (Å²) in [4.78, 5) is 3.32. The third-order valence-corrected chi connectivity index (χ3v) is 2.49. The Hall–Kier alpha value is -0.880. The van der Waals surface area contributed by atoms with E-state index in [2.05, 4.69) is 20.8 Å². The van der Waals surface area contributed by atoms with E-state index in [9.17, 15) is 4.39 Å². The number of halogens is 2. The van der Waals surface area contributed by atoms with Crippen LogP contribution in [0.3, 0.4) is 0 Å². The third-order valence-electron chi connectivity index (χ3n) is 1.97. The molecule has 1 rings (SSSR count). The van der Waals surface area contributed by atoms with Crippen molar-refractivity contribution >= 4 is 15.9 Å². The lowest BCUT2D eigenvalue weighted by atomic mass is 9.94. The molecular formula is C11H11BrFN. The van der Waals surface area contributed by atoms with Gasteiger partial charge in [0.05, 0.1) is 0 Å². The fourth-order valence-corrected chi connectivity index (χ4v) is 1.53. The Bertz CT molecular complexity index is 345. The van der Waals surface area contributed by atoms with Crippen molar-refractivity contribution in [2.45, 2.75) is 25.6 Å². The molecule has 1 aromatic carbocycles. The average molecular weight is 256 g/mol. The van der Waals surface area contributed by atoms with E-state index in [0.29, 0.717) is 0 Å². The molecule has 0 N–H and O–H groups in total. The molecule has 0 aromatic heterocycles. The first kappa shape index (κ1) is 11.2. The molecule has 1 unspecified atom stereocenters. The van der Waals surface area contributed by atoms with E-state index >= 15 is 0 Å². The molecule has 1 nitrogen and oxygen atoms in total. The standard InChI is InChI=1S/C11H11BrFN/c1-11(2,13)10(14-3)8-4-6-9(12)7-5-8/h4-7,10H,1-2H3. The summed E-state index contributed by atoms with van der Waals surface area (Å²) >= 11 is 3.30. The Morgan fingerprint density at radius 3 is 2.21 bits per heavy atom. The zero-order valence-corrected chi connectivity index (χ0v) is 9.68. The molecule has 0 saturated heterocycles. The van der Waals surface area contributed by atoms with Gasteiger partial charge < -0.3 is 4.85 Å². The molecule has 0 aliphatic heterocycles. The summed E-state index contributed by atoms with van der Waals surface area (Å²) in [5, 5.41) is 0. The topological polar surface area (TPSA) is 4.36 Å². The zero-order valence-electron chi connectivity index (χ0n) is 8.09. The quantitative estimate of drug-likeness (QED) is 0.700. The summed E-state index contributed by atoms with van der Waals surface area (Å²) in [6.45, 7) is 9.84. The maximum atomic E-state index is 13.6. The fourth-order valence-electron chi connectivity index (χ4n) is 1.27. The smallest absolute Gasteiger partial charge is 0.281 e. The average Bonchev–Trinajstić information content (AvgIpc) is 2.07. The highest BCUT2D eigenvalue weighted by molar-refractivity contribution is 9.10. The number of rotatable bonds is 2. The van der Waals surface area contributed by atoms with Crippen molar-refractivity contribution in [2.75, 3.05) is 0 Å². The Morgan fingerprint density at radius 1 is 1.36 bits per heavy atom. The minimum absolute atomic E-state index is 0.718. The van der Waals surface area contributed by atoms with Crippen molar-refractivity contribution < 1.29 is 4.39 Å². The van der Waals surface area contributed by atoms with Crippen LogP contribution in [0, 0.1) is 6.57 Å². The number of hydrogen-bond acceptors (Lipinski definition) is 0. The van der Waals surface area contributed by atoms with Gasteiger partial charge in [0.2, 0.25) is 0 Å². The summed E-state index contributed by atoms with van der Waals surface area (Å²) in [7, 11) is 0. The van der Waals surface area contributed by atoms with E-state index in [-0.39, 0.29) is 0 Å². The molecule has 0 radical (unpaired) electrons. The van der Waals surface area contributed by atoms with Gasteiger partial charge in [0.1, 0.15) is 0 Å². The van der Waals surface area contributed by atoms with Crippen molar-refractivity contribution in [3.63, 3.8) is 0 Å². The minimum Gasteiger partial charge on any atom is -0.305 e. The summed E-state index contributed by atoms with van der Waals surface area (Å²) in [5.41, 5.74) is -0.786. The Labute approximate surface area is 91.9 Å². The second kappa shape index (κ2) is 4.10. The highest BCUT2D eigenvalue weighted by Gasteiger charge is 2.36. The SMILES string of the molecule is [C-]#[N+]C(c1ccc(Br)cc1)C(C)(C)F. The molecule has 0 spiro atoms. The van der Waals surface area contributed by atoms with Crippen molar-refractivity contribution in [3.8, 4) is 0 Å². The van der Waals surface area contributed by atoms with Crippen LogP contribution in [-0.2, 0) is 0 Å². The van der Waals surface area contributed by atoms with Crippen molar-refractivity contribution in [3.05, 3.63) is 45.7 Å². The monoisotopic (exact) mass is 255 g/mol. The van der Waals surface area contributed by atoms with Crippen LogP contribution in [-0.4, -0.2) is 5.67 Å². The van der Waals surface area contributed by atoms with Crippen LogP contribution in [0.4, 0.5) is 4.39 Å². The van der Waals surface area contributed by atoms with Crippen LogP contribution in [0.1, 0.15) is 25.5 Å². The lowest BCUT2D eigenvalue weighted by molar-refractivity contribution is 0.193. The molecule has 3 heteroatoms. The van der Waals surface area contributed by atoms with Crippen LogP contribution in [0.2, 0.25) is 0 Å². The number of alkyl halides is 1. The van der Waals surface area contributed by atoms with Gasteiger partial charge in [-0.15, -0.1) is 0 Å². The molecule has 1 aromatic rings. The van der Waals surface area contributed by atoms with Crippen LogP contribution < -0.4 is 0 Å². The first-order valence-corrected chi connectivity index (χ1v) is 5.05. The Morgan fingerprint density at radius 2 is 1.86 bits per heavy atom. The largest absolute Gasteiger partial charge is 0.305 e. The van der Waals surface area contributed by atoms with E-state index < -0.39 is 11.7 Å². The summed E-state index contributed by atoms with van der Waals surface area (Å²) in [6, 6.07) is 6.45. The fraction of sp³-hybridized carbons (Fsp3) is 0.364. The summed E-state index contributed by atoms with van der Waals surface area (Å²) in [6.07, 6.45) is 0. The van der Waals surface area contributed by atoms with Crippen molar-refractivity contribution in [1.82, 2.24) is 0 Å². The minimum atomic E-state index is -1.50. The summed E-state index contributed by atoms with van der Waals surface area (Å²) < 4.78 is 14.5. The molecule has 74 valence electrons. The van der Waals surface area contributed by atoms with Gasteiger partial charge in [-0.05, 0) is 26.0 Å². The maximum Gasteiger partial charge on any atom is 0.281 e. The zero-order chi connectivity index (χ0) is 10.8. The predicted octanol–water partition coefficient (Wildman–Crippen LogP) is 4.16. The van der Waals surface area contributed by atoms with Gasteiger partial charge in [0, 0.05) is 10.0 Å². The van der Waals surface area contributed by atoms with Gasteiger partial charge in [-0.1, -0.05) is 28.1 Å². The molecule has 14 heavy (non-hydrogen) atoms. The molecule has 0 saturated carbocycles. The van der Waals surface area contributed by atoms with Crippen LogP contribution in [0.25, 0.3) is 4.85 Å². The van der Waals surface area contributed by atoms with E-state index in [1.807, 2.05) is 12.1 Å². The lowest BCUT2D eigenvalue weighted by Gasteiger charge is -2.16. The third kappa shape index (κ3) is 2.55. The summed E-state index contributed by atoms with van der Waals surface area (Å²) in [5.74, 6) is 0. The molecule has 0 aliphatic carbocycles. The van der Waals surface area contributed by atoms with E-state index in [1.165, 1.54) is 13.8 Å². The van der Waals surface area contributed by atoms with Gasteiger partial charge in [0.15, 0.2) is 5.67 Å². The molecule has 0 bridgehead atoms. The van der Waals surface area contributed by atoms with Crippen molar-refractivity contribution in [2.24, 2.45) is 0 Å². The lowest BCUT2D eigenvalue weighted by Crippen LogP contribution is -2.20. The molecule has 0 amide bonds. The number of hydrogen-bond donors (Lipinski definition) is 0. The molecule has 0 aliphatic rings. The molecule has 0 fully saturated rings. The Kier molecular flexibility index (Phi) is 3.28. The van der Waals surface area contributed by atoms with Crippen LogP contribution in [0.15, 0.2) is 28.7 Å². The Balaban J connectivity index is 3.04. The number of nitrogens with zero attached hydrogens (tertiary/aromatic N) is 1. The normalized spacial score (nSPS) is 13.4. The van der Waals surface area contributed by atoms with Gasteiger partial charge in [-0.2, -0.15) is 0 Å². The molecular weight excluding hydrogens is 245 g/mol. The van der Waals surface area contributed by atoms with Gasteiger partial charge >= 0.3 is 0 Å². The molecule has 0 heterocycles. The predicted molar refractivity (Wildman–Crippen MR) is 58.7 cm³/mol. The highest BCUT2D eigenvalue weighted by atomic mass is 79.9. The van der Waals surface area contributed by atoms with E-state index in [0.717, 1.165) is 10.0 Å². The second-order valence-electron chi connectivity index (χ2n) is 3.65. The first-order valence-electron chi connectivity index (χ1n) is 4.26. The van der Waals surface area contributed by atoms with Crippen LogP contribution >= 0.6 is 15.9 Å². The van der Waals surface area contributed by atoms with E-state index in [4.69, 9.17) is 6.57 Å². The maximum absolute atomic E-state index is 13.6. The molecule has 1 atom stereocenters. The van der Waals surface area contributed by atoms with Crippen molar-refractivity contribution in [1.29, 1.82) is 0 Å².